The summed E-state index contributed by atoms with van der Waals surface area (Å²) in [6.45, 7) is 2.04. The third kappa shape index (κ3) is 4.41. The van der Waals surface area contributed by atoms with E-state index >= 15 is 0 Å². The minimum atomic E-state index is -3.39. The Morgan fingerprint density at radius 2 is 2.00 bits per heavy atom. The summed E-state index contributed by atoms with van der Waals surface area (Å²) < 4.78 is 24.6. The number of benzene rings is 1. The second-order valence-corrected chi connectivity index (χ2v) is 7.66. The van der Waals surface area contributed by atoms with E-state index in [0.29, 0.717) is 10.4 Å². The van der Waals surface area contributed by atoms with Crippen molar-refractivity contribution in [2.45, 2.75) is 24.7 Å². The summed E-state index contributed by atoms with van der Waals surface area (Å²) in [5.74, 6) is 0.182. The van der Waals surface area contributed by atoms with Crippen LogP contribution in [0.3, 0.4) is 0 Å². The molecule has 1 aromatic carbocycles. The average molecular weight is 374 g/mol. The zero-order chi connectivity index (χ0) is 13.8. The van der Waals surface area contributed by atoms with Crippen LogP contribution >= 0.6 is 39.1 Å². The number of hydrogen-bond acceptors (Lipinski definition) is 2. The normalized spacial score (nSPS) is 13.6. The van der Waals surface area contributed by atoms with Crippen molar-refractivity contribution in [3.05, 3.63) is 28.2 Å². The number of alkyl halides is 1. The SMILES string of the molecule is CCCC(CBr)CS(=O)(=O)c1cc(Cl)ccc1Cl. The van der Waals surface area contributed by atoms with E-state index in [1.807, 2.05) is 6.92 Å². The van der Waals surface area contributed by atoms with Gasteiger partial charge < -0.3 is 0 Å². The highest BCUT2D eigenvalue weighted by Gasteiger charge is 2.23. The van der Waals surface area contributed by atoms with Gasteiger partial charge in [0.25, 0.3) is 0 Å². The van der Waals surface area contributed by atoms with Crippen molar-refractivity contribution in [3.63, 3.8) is 0 Å². The van der Waals surface area contributed by atoms with Crippen LogP contribution in [0, 0.1) is 5.92 Å². The molecule has 0 heterocycles. The summed E-state index contributed by atoms with van der Waals surface area (Å²) >= 11 is 15.1. The van der Waals surface area contributed by atoms with Crippen molar-refractivity contribution in [2.75, 3.05) is 11.1 Å². The third-order valence-electron chi connectivity index (χ3n) is 2.60. The fourth-order valence-electron chi connectivity index (χ4n) is 1.73. The largest absolute Gasteiger partial charge is 0.224 e. The highest BCUT2D eigenvalue weighted by molar-refractivity contribution is 9.09. The van der Waals surface area contributed by atoms with Crippen molar-refractivity contribution in [1.29, 1.82) is 0 Å². The summed E-state index contributed by atoms with van der Waals surface area (Å²) in [6.07, 6.45) is 1.82. The van der Waals surface area contributed by atoms with Gasteiger partial charge >= 0.3 is 0 Å². The van der Waals surface area contributed by atoms with Crippen LogP contribution in [0.5, 0.6) is 0 Å². The first-order valence-corrected chi connectivity index (χ1v) is 9.17. The van der Waals surface area contributed by atoms with Gasteiger partial charge in [0.2, 0.25) is 0 Å². The van der Waals surface area contributed by atoms with Gasteiger partial charge in [0.1, 0.15) is 0 Å². The Hall–Kier alpha value is 0.230. The van der Waals surface area contributed by atoms with Crippen LogP contribution in [0.25, 0.3) is 0 Å². The molecule has 0 spiro atoms. The minimum Gasteiger partial charge on any atom is -0.224 e. The second kappa shape index (κ2) is 7.13. The van der Waals surface area contributed by atoms with Gasteiger partial charge in [-0.25, -0.2) is 8.42 Å². The number of halogens is 3. The smallest absolute Gasteiger partial charge is 0.180 e. The van der Waals surface area contributed by atoms with Crippen molar-refractivity contribution in [1.82, 2.24) is 0 Å². The number of sulfone groups is 1. The Labute approximate surface area is 127 Å². The molecule has 18 heavy (non-hydrogen) atoms. The Balaban J connectivity index is 3.02. The van der Waals surface area contributed by atoms with Crippen molar-refractivity contribution >= 4 is 49.0 Å². The zero-order valence-corrected chi connectivity index (χ0v) is 13.9. The first kappa shape index (κ1) is 16.3. The maximum absolute atomic E-state index is 12.3. The predicted molar refractivity (Wildman–Crippen MR) is 80.7 cm³/mol. The molecule has 1 atom stereocenters. The topological polar surface area (TPSA) is 34.1 Å². The molecule has 1 rings (SSSR count). The van der Waals surface area contributed by atoms with Crippen molar-refractivity contribution < 1.29 is 8.42 Å². The van der Waals surface area contributed by atoms with Crippen LogP contribution in [0.2, 0.25) is 10.0 Å². The van der Waals surface area contributed by atoms with Crippen LogP contribution in [-0.4, -0.2) is 19.5 Å². The molecule has 0 aliphatic rings. The van der Waals surface area contributed by atoms with E-state index in [9.17, 15) is 8.42 Å². The molecule has 0 bridgehead atoms. The fraction of sp³-hybridized carbons (Fsp3) is 0.500. The van der Waals surface area contributed by atoms with Crippen LogP contribution in [0.15, 0.2) is 23.1 Å². The second-order valence-electron chi connectivity index (χ2n) is 4.17. The van der Waals surface area contributed by atoms with Crippen LogP contribution in [0.1, 0.15) is 19.8 Å². The average Bonchev–Trinajstić information content (AvgIpc) is 2.31. The lowest BCUT2D eigenvalue weighted by Gasteiger charge is -2.14. The molecular formula is C12H15BrCl2O2S. The zero-order valence-electron chi connectivity index (χ0n) is 10.00. The van der Waals surface area contributed by atoms with Gasteiger partial charge in [-0.05, 0) is 30.5 Å². The molecular weight excluding hydrogens is 359 g/mol. The monoisotopic (exact) mass is 372 g/mol. The van der Waals surface area contributed by atoms with E-state index in [1.54, 1.807) is 6.07 Å². The molecule has 0 amide bonds. The lowest BCUT2D eigenvalue weighted by Crippen LogP contribution is -2.18. The van der Waals surface area contributed by atoms with E-state index in [-0.39, 0.29) is 21.6 Å². The quantitative estimate of drug-likeness (QED) is 0.684. The Morgan fingerprint density at radius 1 is 1.33 bits per heavy atom. The van der Waals surface area contributed by atoms with Crippen LogP contribution < -0.4 is 0 Å². The van der Waals surface area contributed by atoms with Gasteiger partial charge in [0, 0.05) is 10.4 Å². The van der Waals surface area contributed by atoms with Crippen LogP contribution in [-0.2, 0) is 9.84 Å². The molecule has 102 valence electrons. The standard InChI is InChI=1S/C12H15BrCl2O2S/c1-2-3-9(7-13)8-18(16,17)12-6-10(14)4-5-11(12)15/h4-6,9H,2-3,7-8H2,1H3. The molecule has 1 unspecified atom stereocenters. The molecule has 0 aromatic heterocycles. The van der Waals surface area contributed by atoms with E-state index in [4.69, 9.17) is 23.2 Å². The van der Waals surface area contributed by atoms with Gasteiger partial charge in [-0.15, -0.1) is 0 Å². The lowest BCUT2D eigenvalue weighted by molar-refractivity contribution is 0.552. The van der Waals surface area contributed by atoms with Gasteiger partial charge in [-0.3, -0.25) is 0 Å². The minimum absolute atomic E-state index is 0.0894. The van der Waals surface area contributed by atoms with Crippen molar-refractivity contribution in [2.24, 2.45) is 5.92 Å². The van der Waals surface area contributed by atoms with Gasteiger partial charge in [-0.1, -0.05) is 52.5 Å². The highest BCUT2D eigenvalue weighted by atomic mass is 79.9. The molecule has 0 N–H and O–H groups in total. The van der Waals surface area contributed by atoms with Gasteiger partial charge in [0.15, 0.2) is 9.84 Å². The molecule has 0 saturated carbocycles. The van der Waals surface area contributed by atoms with Crippen molar-refractivity contribution in [3.8, 4) is 0 Å². The molecule has 0 radical (unpaired) electrons. The number of hydrogen-bond donors (Lipinski definition) is 0. The predicted octanol–water partition coefficient (Wildman–Crippen LogP) is 4.58. The van der Waals surface area contributed by atoms with E-state index in [1.165, 1.54) is 12.1 Å². The Morgan fingerprint density at radius 3 is 2.56 bits per heavy atom. The first-order chi connectivity index (χ1) is 8.40. The van der Waals surface area contributed by atoms with E-state index in [0.717, 1.165) is 12.8 Å². The first-order valence-electron chi connectivity index (χ1n) is 5.64. The third-order valence-corrected chi connectivity index (χ3v) is 6.11. The highest BCUT2D eigenvalue weighted by Crippen LogP contribution is 2.28. The van der Waals surface area contributed by atoms with E-state index < -0.39 is 9.84 Å². The molecule has 6 heteroatoms. The molecule has 1 aromatic rings. The summed E-state index contributed by atoms with van der Waals surface area (Å²) in [4.78, 5) is 0.124. The summed E-state index contributed by atoms with van der Waals surface area (Å²) in [6, 6.07) is 4.51. The molecule has 0 saturated heterocycles. The molecule has 2 nitrogen and oxygen atoms in total. The Kier molecular flexibility index (Phi) is 6.45. The lowest BCUT2D eigenvalue weighted by atomic mass is 10.1. The maximum atomic E-state index is 12.3. The maximum Gasteiger partial charge on any atom is 0.180 e. The van der Waals surface area contributed by atoms with Gasteiger partial charge in [0.05, 0.1) is 15.7 Å². The number of rotatable bonds is 6. The fourth-order valence-corrected chi connectivity index (χ4v) is 5.05. The summed E-state index contributed by atoms with van der Waals surface area (Å²) in [5.41, 5.74) is 0. The summed E-state index contributed by atoms with van der Waals surface area (Å²) in [5, 5.41) is 1.27. The van der Waals surface area contributed by atoms with E-state index in [2.05, 4.69) is 15.9 Å². The molecule has 0 aliphatic carbocycles. The van der Waals surface area contributed by atoms with Gasteiger partial charge in [-0.2, -0.15) is 0 Å². The molecule has 0 fully saturated rings. The molecule has 0 aliphatic heterocycles. The Bertz CT molecular complexity index is 503. The van der Waals surface area contributed by atoms with Crippen LogP contribution in [0.4, 0.5) is 0 Å². The summed E-state index contributed by atoms with van der Waals surface area (Å²) in [7, 11) is -3.39.